The largest absolute Gasteiger partial charge is 0.495 e. The van der Waals surface area contributed by atoms with E-state index in [0.717, 1.165) is 22.3 Å². The summed E-state index contributed by atoms with van der Waals surface area (Å²) in [6.45, 7) is 6.66. The second-order valence-electron chi connectivity index (χ2n) is 4.52. The molecule has 0 radical (unpaired) electrons. The maximum atomic E-state index is 5.32. The van der Waals surface area contributed by atoms with E-state index < -0.39 is 0 Å². The number of nitrogens with one attached hydrogen (secondary N) is 1. The van der Waals surface area contributed by atoms with Crippen molar-refractivity contribution in [3.05, 3.63) is 22.7 Å². The summed E-state index contributed by atoms with van der Waals surface area (Å²) < 4.78 is 6.39. The molecule has 90 valence electrons. The predicted octanol–water partition coefficient (Wildman–Crippen LogP) is 4.30. The lowest BCUT2D eigenvalue weighted by atomic mass is 10.1. The van der Waals surface area contributed by atoms with Crippen LogP contribution in [-0.4, -0.2) is 13.2 Å². The van der Waals surface area contributed by atoms with Gasteiger partial charge in [-0.05, 0) is 37.5 Å². The van der Waals surface area contributed by atoms with Gasteiger partial charge in [-0.15, -0.1) is 0 Å². The van der Waals surface area contributed by atoms with E-state index in [9.17, 15) is 0 Å². The van der Waals surface area contributed by atoms with Crippen molar-refractivity contribution in [2.75, 3.05) is 12.4 Å². The highest BCUT2D eigenvalue weighted by atomic mass is 79.9. The summed E-state index contributed by atoms with van der Waals surface area (Å²) in [6, 6.07) is 6.45. The number of ether oxygens (including phenoxy) is 1. The third kappa shape index (κ3) is 4.05. The number of hydrogen-bond donors (Lipinski definition) is 1. The minimum absolute atomic E-state index is 0.447. The molecular weight excluding hydrogens is 266 g/mol. The zero-order chi connectivity index (χ0) is 12.1. The number of hydrogen-bond acceptors (Lipinski definition) is 2. The second-order valence-corrected chi connectivity index (χ2v) is 5.44. The first-order chi connectivity index (χ1) is 7.52. The first-order valence-electron chi connectivity index (χ1n) is 5.63. The highest BCUT2D eigenvalue weighted by Gasteiger charge is 2.08. The molecule has 0 bridgehead atoms. The van der Waals surface area contributed by atoms with Crippen molar-refractivity contribution in [2.45, 2.75) is 33.2 Å². The fourth-order valence-corrected chi connectivity index (χ4v) is 2.19. The molecule has 0 aliphatic carbocycles. The Labute approximate surface area is 107 Å². The van der Waals surface area contributed by atoms with Crippen LogP contribution in [0.15, 0.2) is 22.7 Å². The Hall–Kier alpha value is -0.700. The molecule has 1 atom stereocenters. The molecule has 0 aromatic heterocycles. The molecule has 1 aromatic rings. The van der Waals surface area contributed by atoms with Crippen LogP contribution in [0, 0.1) is 5.92 Å². The molecule has 2 nitrogen and oxygen atoms in total. The molecular formula is C13H20BrNO. The molecule has 16 heavy (non-hydrogen) atoms. The zero-order valence-electron chi connectivity index (χ0n) is 10.4. The van der Waals surface area contributed by atoms with Crippen molar-refractivity contribution >= 4 is 21.6 Å². The van der Waals surface area contributed by atoms with E-state index in [4.69, 9.17) is 4.74 Å². The SMILES string of the molecule is COc1ccc(Br)cc1NC(C)CC(C)C. The van der Waals surface area contributed by atoms with Gasteiger partial charge in [0.1, 0.15) is 5.75 Å². The standard InChI is InChI=1S/C13H20BrNO/c1-9(2)7-10(3)15-12-8-11(14)5-6-13(12)16-4/h5-6,8-10,15H,7H2,1-4H3. The van der Waals surface area contributed by atoms with E-state index >= 15 is 0 Å². The minimum Gasteiger partial charge on any atom is -0.495 e. The summed E-state index contributed by atoms with van der Waals surface area (Å²) in [4.78, 5) is 0. The minimum atomic E-state index is 0.447. The Morgan fingerprint density at radius 1 is 1.31 bits per heavy atom. The summed E-state index contributed by atoms with van der Waals surface area (Å²) in [6.07, 6.45) is 1.15. The smallest absolute Gasteiger partial charge is 0.142 e. The van der Waals surface area contributed by atoms with E-state index in [0.29, 0.717) is 12.0 Å². The lowest BCUT2D eigenvalue weighted by molar-refractivity contribution is 0.415. The van der Waals surface area contributed by atoms with Crippen molar-refractivity contribution in [3.63, 3.8) is 0 Å². The molecule has 0 fully saturated rings. The van der Waals surface area contributed by atoms with Crippen LogP contribution in [0.5, 0.6) is 5.75 Å². The molecule has 1 N–H and O–H groups in total. The highest BCUT2D eigenvalue weighted by Crippen LogP contribution is 2.29. The Morgan fingerprint density at radius 2 is 2.00 bits per heavy atom. The Morgan fingerprint density at radius 3 is 2.56 bits per heavy atom. The number of methoxy groups -OCH3 is 1. The number of halogens is 1. The molecule has 0 saturated heterocycles. The third-order valence-corrected chi connectivity index (χ3v) is 2.88. The molecule has 0 amide bonds. The highest BCUT2D eigenvalue weighted by molar-refractivity contribution is 9.10. The van der Waals surface area contributed by atoms with Gasteiger partial charge in [0.05, 0.1) is 12.8 Å². The quantitative estimate of drug-likeness (QED) is 0.871. The van der Waals surface area contributed by atoms with Gasteiger partial charge in [0.15, 0.2) is 0 Å². The maximum Gasteiger partial charge on any atom is 0.142 e. The van der Waals surface area contributed by atoms with Gasteiger partial charge >= 0.3 is 0 Å². The van der Waals surface area contributed by atoms with Crippen molar-refractivity contribution in [1.29, 1.82) is 0 Å². The number of benzene rings is 1. The van der Waals surface area contributed by atoms with Crippen LogP contribution in [0.3, 0.4) is 0 Å². The Kier molecular flexibility index (Phi) is 5.13. The van der Waals surface area contributed by atoms with Gasteiger partial charge in [-0.25, -0.2) is 0 Å². The van der Waals surface area contributed by atoms with Gasteiger partial charge in [-0.2, -0.15) is 0 Å². The van der Waals surface area contributed by atoms with Crippen molar-refractivity contribution in [3.8, 4) is 5.75 Å². The summed E-state index contributed by atoms with van der Waals surface area (Å²) in [5.74, 6) is 1.58. The number of anilines is 1. The van der Waals surface area contributed by atoms with Gasteiger partial charge in [-0.1, -0.05) is 29.8 Å². The van der Waals surface area contributed by atoms with Gasteiger partial charge < -0.3 is 10.1 Å². The molecule has 1 aromatic carbocycles. The summed E-state index contributed by atoms with van der Waals surface area (Å²) in [7, 11) is 1.70. The predicted molar refractivity (Wildman–Crippen MR) is 73.2 cm³/mol. The topological polar surface area (TPSA) is 21.3 Å². The van der Waals surface area contributed by atoms with Crippen molar-refractivity contribution in [1.82, 2.24) is 0 Å². The van der Waals surface area contributed by atoms with E-state index in [1.807, 2.05) is 12.1 Å². The molecule has 0 aliphatic rings. The van der Waals surface area contributed by atoms with Gasteiger partial charge in [0, 0.05) is 10.5 Å². The first kappa shape index (κ1) is 13.4. The van der Waals surface area contributed by atoms with Gasteiger partial charge in [0.25, 0.3) is 0 Å². The average Bonchev–Trinajstić information content (AvgIpc) is 2.16. The zero-order valence-corrected chi connectivity index (χ0v) is 12.0. The second kappa shape index (κ2) is 6.14. The fourth-order valence-electron chi connectivity index (χ4n) is 1.82. The first-order valence-corrected chi connectivity index (χ1v) is 6.42. The third-order valence-electron chi connectivity index (χ3n) is 2.39. The van der Waals surface area contributed by atoms with E-state index in [-0.39, 0.29) is 0 Å². The van der Waals surface area contributed by atoms with Crippen LogP contribution in [0.2, 0.25) is 0 Å². The van der Waals surface area contributed by atoms with Gasteiger partial charge in [-0.3, -0.25) is 0 Å². The lowest BCUT2D eigenvalue weighted by Gasteiger charge is -2.19. The van der Waals surface area contributed by atoms with Crippen LogP contribution in [0.25, 0.3) is 0 Å². The normalized spacial score (nSPS) is 12.6. The summed E-state index contributed by atoms with van der Waals surface area (Å²) in [5.41, 5.74) is 1.05. The van der Waals surface area contributed by atoms with Crippen molar-refractivity contribution in [2.24, 2.45) is 5.92 Å². The van der Waals surface area contributed by atoms with Crippen molar-refractivity contribution < 1.29 is 4.74 Å². The molecule has 0 spiro atoms. The summed E-state index contributed by atoms with van der Waals surface area (Å²) >= 11 is 3.47. The molecule has 3 heteroatoms. The molecule has 1 rings (SSSR count). The molecule has 0 aliphatic heterocycles. The fraction of sp³-hybridized carbons (Fsp3) is 0.538. The van der Waals surface area contributed by atoms with E-state index in [1.165, 1.54) is 0 Å². The van der Waals surface area contributed by atoms with Crippen LogP contribution < -0.4 is 10.1 Å². The molecule has 0 saturated carbocycles. The lowest BCUT2D eigenvalue weighted by Crippen LogP contribution is -2.17. The van der Waals surface area contributed by atoms with Gasteiger partial charge in [0.2, 0.25) is 0 Å². The average molecular weight is 286 g/mol. The van der Waals surface area contributed by atoms with E-state index in [1.54, 1.807) is 7.11 Å². The number of rotatable bonds is 5. The van der Waals surface area contributed by atoms with Crippen LogP contribution in [0.1, 0.15) is 27.2 Å². The monoisotopic (exact) mass is 285 g/mol. The van der Waals surface area contributed by atoms with Crippen LogP contribution >= 0.6 is 15.9 Å². The maximum absolute atomic E-state index is 5.32. The van der Waals surface area contributed by atoms with Crippen LogP contribution in [0.4, 0.5) is 5.69 Å². The summed E-state index contributed by atoms with van der Waals surface area (Å²) in [5, 5.41) is 3.48. The Balaban J connectivity index is 2.74. The molecule has 1 unspecified atom stereocenters. The Bertz CT molecular complexity index is 339. The molecule has 0 heterocycles. The van der Waals surface area contributed by atoms with Crippen LogP contribution in [-0.2, 0) is 0 Å². The van der Waals surface area contributed by atoms with E-state index in [2.05, 4.69) is 48.1 Å².